The Hall–Kier alpha value is -1.07. The Morgan fingerprint density at radius 1 is 1.59 bits per heavy atom. The molecule has 5 heteroatoms. The zero-order chi connectivity index (χ0) is 13.2. The summed E-state index contributed by atoms with van der Waals surface area (Å²) in [5.74, 6) is -0.309. The molecule has 1 unspecified atom stereocenters. The monoisotopic (exact) mass is 301 g/mol. The molecule has 3 N–H and O–H groups in total. The Balaban J connectivity index is 3.27. The summed E-state index contributed by atoms with van der Waals surface area (Å²) in [7, 11) is 1.55. The van der Waals surface area contributed by atoms with Crippen molar-refractivity contribution in [1.82, 2.24) is 0 Å². The fourth-order valence-electron chi connectivity index (χ4n) is 1.66. The summed E-state index contributed by atoms with van der Waals surface area (Å²) >= 11 is 3.45. The number of carboxylic acids is 1. The molecule has 1 aromatic rings. The average molecular weight is 302 g/mol. The Bertz CT molecular complexity index is 446. The molecule has 0 radical (unpaired) electrons. The third-order valence-corrected chi connectivity index (χ3v) is 3.71. The normalized spacial score (nSPS) is 12.3. The highest BCUT2D eigenvalue weighted by atomic mass is 79.9. The standard InChI is InChI=1S/C12H16BrNO3/c1-6-4-8(9(14)5-10(15)16)12(17-3)11(13)7(6)2/h4,9H,5,14H2,1-3H3,(H,15,16). The van der Waals surface area contributed by atoms with Gasteiger partial charge in [-0.2, -0.15) is 0 Å². The fraction of sp³-hybridized carbons (Fsp3) is 0.417. The number of carboxylic acid groups (broad SMARTS) is 1. The van der Waals surface area contributed by atoms with Crippen LogP contribution in [0, 0.1) is 13.8 Å². The maximum absolute atomic E-state index is 10.7. The van der Waals surface area contributed by atoms with Gasteiger partial charge in [-0.25, -0.2) is 0 Å². The number of aliphatic carboxylic acids is 1. The quantitative estimate of drug-likeness (QED) is 0.896. The molecular weight excluding hydrogens is 286 g/mol. The molecule has 0 saturated heterocycles. The van der Waals surface area contributed by atoms with Crippen LogP contribution in [-0.4, -0.2) is 18.2 Å². The van der Waals surface area contributed by atoms with Crippen molar-refractivity contribution in [3.05, 3.63) is 27.2 Å². The lowest BCUT2D eigenvalue weighted by Crippen LogP contribution is -2.16. The first-order chi connectivity index (χ1) is 7.88. The smallest absolute Gasteiger partial charge is 0.305 e. The molecule has 0 bridgehead atoms. The molecule has 1 rings (SSSR count). The first-order valence-corrected chi connectivity index (χ1v) is 5.98. The van der Waals surface area contributed by atoms with E-state index in [0.717, 1.165) is 15.6 Å². The molecule has 0 saturated carbocycles. The lowest BCUT2D eigenvalue weighted by atomic mass is 9.98. The topological polar surface area (TPSA) is 72.5 Å². The highest BCUT2D eigenvalue weighted by Gasteiger charge is 2.19. The second kappa shape index (κ2) is 5.51. The second-order valence-corrected chi connectivity index (χ2v) is 4.75. The Kier molecular flexibility index (Phi) is 4.54. The van der Waals surface area contributed by atoms with Crippen molar-refractivity contribution < 1.29 is 14.6 Å². The number of hydrogen-bond acceptors (Lipinski definition) is 3. The average Bonchev–Trinajstić information content (AvgIpc) is 2.24. The molecular formula is C12H16BrNO3. The van der Waals surface area contributed by atoms with Crippen molar-refractivity contribution in [2.75, 3.05) is 7.11 Å². The van der Waals surface area contributed by atoms with Crippen LogP contribution in [-0.2, 0) is 4.79 Å². The Morgan fingerprint density at radius 3 is 2.65 bits per heavy atom. The number of hydrogen-bond donors (Lipinski definition) is 2. The van der Waals surface area contributed by atoms with Gasteiger partial charge in [0.1, 0.15) is 5.75 Å². The first kappa shape index (κ1) is 14.0. The Morgan fingerprint density at radius 2 is 2.18 bits per heavy atom. The molecule has 0 spiro atoms. The van der Waals surface area contributed by atoms with E-state index < -0.39 is 12.0 Å². The molecule has 0 aliphatic carbocycles. The van der Waals surface area contributed by atoms with Crippen molar-refractivity contribution in [3.63, 3.8) is 0 Å². The predicted octanol–water partition coefficient (Wildman–Crippen LogP) is 2.55. The molecule has 0 fully saturated rings. The highest BCUT2D eigenvalue weighted by molar-refractivity contribution is 9.10. The van der Waals surface area contributed by atoms with Crippen LogP contribution in [0.5, 0.6) is 5.75 Å². The number of carbonyl (C=O) groups is 1. The number of aryl methyl sites for hydroxylation is 1. The summed E-state index contributed by atoms with van der Waals surface area (Å²) in [5, 5.41) is 8.77. The van der Waals surface area contributed by atoms with Gasteiger partial charge in [0.25, 0.3) is 0 Å². The fourth-order valence-corrected chi connectivity index (χ4v) is 2.36. The van der Waals surface area contributed by atoms with E-state index in [1.54, 1.807) is 7.11 Å². The number of halogens is 1. The molecule has 4 nitrogen and oxygen atoms in total. The van der Waals surface area contributed by atoms with Crippen molar-refractivity contribution in [2.45, 2.75) is 26.3 Å². The van der Waals surface area contributed by atoms with Crippen LogP contribution in [0.2, 0.25) is 0 Å². The van der Waals surface area contributed by atoms with Gasteiger partial charge in [0.05, 0.1) is 18.0 Å². The lowest BCUT2D eigenvalue weighted by Gasteiger charge is -2.18. The SMILES string of the molecule is COc1c(C(N)CC(=O)O)cc(C)c(C)c1Br. The maximum atomic E-state index is 10.7. The minimum Gasteiger partial charge on any atom is -0.495 e. The van der Waals surface area contributed by atoms with E-state index in [9.17, 15) is 4.79 Å². The van der Waals surface area contributed by atoms with Crippen molar-refractivity contribution >= 4 is 21.9 Å². The molecule has 1 atom stereocenters. The van der Waals surface area contributed by atoms with Gasteiger partial charge in [0.2, 0.25) is 0 Å². The molecule has 0 aliphatic heterocycles. The summed E-state index contributed by atoms with van der Waals surface area (Å²) < 4.78 is 6.12. The van der Waals surface area contributed by atoms with Gasteiger partial charge < -0.3 is 15.6 Å². The molecule has 17 heavy (non-hydrogen) atoms. The van der Waals surface area contributed by atoms with E-state index in [0.29, 0.717) is 11.3 Å². The van der Waals surface area contributed by atoms with Crippen LogP contribution in [0.3, 0.4) is 0 Å². The van der Waals surface area contributed by atoms with E-state index in [2.05, 4.69) is 15.9 Å². The van der Waals surface area contributed by atoms with Crippen LogP contribution < -0.4 is 10.5 Å². The van der Waals surface area contributed by atoms with E-state index in [-0.39, 0.29) is 6.42 Å². The van der Waals surface area contributed by atoms with Crippen LogP contribution in [0.15, 0.2) is 10.5 Å². The van der Waals surface area contributed by atoms with Crippen LogP contribution in [0.25, 0.3) is 0 Å². The largest absolute Gasteiger partial charge is 0.495 e. The highest BCUT2D eigenvalue weighted by Crippen LogP contribution is 2.37. The number of ether oxygens (including phenoxy) is 1. The van der Waals surface area contributed by atoms with Crippen LogP contribution in [0.4, 0.5) is 0 Å². The molecule has 0 heterocycles. The summed E-state index contributed by atoms with van der Waals surface area (Å²) in [5.41, 5.74) is 8.70. The van der Waals surface area contributed by atoms with Gasteiger partial charge in [-0.1, -0.05) is 6.07 Å². The predicted molar refractivity (Wildman–Crippen MR) is 69.3 cm³/mol. The summed E-state index contributed by atoms with van der Waals surface area (Å²) in [4.78, 5) is 10.7. The Labute approximate surface area is 109 Å². The van der Waals surface area contributed by atoms with E-state index >= 15 is 0 Å². The molecule has 0 amide bonds. The molecule has 0 aliphatic rings. The van der Waals surface area contributed by atoms with Crippen LogP contribution in [0.1, 0.15) is 29.2 Å². The van der Waals surface area contributed by atoms with Gasteiger partial charge in [0, 0.05) is 11.6 Å². The second-order valence-electron chi connectivity index (χ2n) is 3.96. The van der Waals surface area contributed by atoms with Gasteiger partial charge in [-0.05, 0) is 40.9 Å². The molecule has 0 aromatic heterocycles. The molecule has 1 aromatic carbocycles. The van der Waals surface area contributed by atoms with Crippen LogP contribution >= 0.6 is 15.9 Å². The van der Waals surface area contributed by atoms with Gasteiger partial charge in [-0.3, -0.25) is 4.79 Å². The zero-order valence-corrected chi connectivity index (χ0v) is 11.7. The summed E-state index contributed by atoms with van der Waals surface area (Å²) in [6.45, 7) is 3.92. The third-order valence-electron chi connectivity index (χ3n) is 2.75. The minimum atomic E-state index is -0.922. The minimum absolute atomic E-state index is 0.120. The maximum Gasteiger partial charge on any atom is 0.305 e. The summed E-state index contributed by atoms with van der Waals surface area (Å²) in [6, 6.07) is 1.31. The van der Waals surface area contributed by atoms with E-state index in [1.807, 2.05) is 19.9 Å². The zero-order valence-electron chi connectivity index (χ0n) is 10.1. The van der Waals surface area contributed by atoms with Crippen molar-refractivity contribution in [3.8, 4) is 5.75 Å². The summed E-state index contributed by atoms with van der Waals surface area (Å²) in [6.07, 6.45) is -0.120. The third kappa shape index (κ3) is 2.98. The number of nitrogens with two attached hydrogens (primary N) is 1. The van der Waals surface area contributed by atoms with Gasteiger partial charge >= 0.3 is 5.97 Å². The number of benzene rings is 1. The first-order valence-electron chi connectivity index (χ1n) is 5.19. The number of methoxy groups -OCH3 is 1. The van der Waals surface area contributed by atoms with Gasteiger partial charge in [0.15, 0.2) is 0 Å². The van der Waals surface area contributed by atoms with Gasteiger partial charge in [-0.15, -0.1) is 0 Å². The van der Waals surface area contributed by atoms with Crippen molar-refractivity contribution in [1.29, 1.82) is 0 Å². The van der Waals surface area contributed by atoms with E-state index in [4.69, 9.17) is 15.6 Å². The number of rotatable bonds is 4. The van der Waals surface area contributed by atoms with E-state index in [1.165, 1.54) is 0 Å². The molecule has 94 valence electrons. The van der Waals surface area contributed by atoms with Crippen molar-refractivity contribution in [2.24, 2.45) is 5.73 Å². The lowest BCUT2D eigenvalue weighted by molar-refractivity contribution is -0.137.